The van der Waals surface area contributed by atoms with Crippen LogP contribution in [0.5, 0.6) is 5.75 Å². The van der Waals surface area contributed by atoms with Crippen LogP contribution in [0.3, 0.4) is 0 Å². The summed E-state index contributed by atoms with van der Waals surface area (Å²) in [7, 11) is 1.85. The van der Waals surface area contributed by atoms with Crippen LogP contribution in [0.1, 0.15) is 53.5 Å². The normalized spacial score (nSPS) is 16.8. The second-order valence-electron chi connectivity index (χ2n) is 9.72. The predicted octanol–water partition coefficient (Wildman–Crippen LogP) is 5.06. The number of hydrogen-bond acceptors (Lipinski definition) is 5. The third-order valence-corrected chi connectivity index (χ3v) is 7.16. The van der Waals surface area contributed by atoms with Crippen LogP contribution in [-0.2, 0) is 24.9 Å². The number of aromatic nitrogens is 3. The lowest BCUT2D eigenvalue weighted by Crippen LogP contribution is -2.32. The highest BCUT2D eigenvalue weighted by atomic mass is 16.5. The van der Waals surface area contributed by atoms with Gasteiger partial charge in [0.25, 0.3) is 0 Å². The van der Waals surface area contributed by atoms with Gasteiger partial charge in [-0.3, -0.25) is 9.69 Å². The Bertz CT molecular complexity index is 1400. The molecule has 0 saturated heterocycles. The third-order valence-electron chi connectivity index (χ3n) is 7.16. The summed E-state index contributed by atoms with van der Waals surface area (Å²) in [5.74, 6) is -0.128. The molecule has 7 heteroatoms. The van der Waals surface area contributed by atoms with Gasteiger partial charge in [0.2, 0.25) is 0 Å². The van der Waals surface area contributed by atoms with E-state index in [1.54, 1.807) is 4.68 Å². The summed E-state index contributed by atoms with van der Waals surface area (Å²) in [5, 5.41) is 18.1. The number of fused-ring (bicyclic) bond motifs is 2. The Morgan fingerprint density at radius 1 is 1.14 bits per heavy atom. The van der Waals surface area contributed by atoms with Crippen molar-refractivity contribution in [3.8, 4) is 5.75 Å². The van der Waals surface area contributed by atoms with Gasteiger partial charge in [0.05, 0.1) is 11.9 Å². The maximum Gasteiger partial charge on any atom is 0.304 e. The van der Waals surface area contributed by atoms with Crippen molar-refractivity contribution in [1.29, 1.82) is 0 Å². The van der Waals surface area contributed by atoms with Crippen LogP contribution in [0.4, 0.5) is 0 Å². The molecule has 4 aromatic rings. The minimum absolute atomic E-state index is 0.0110. The van der Waals surface area contributed by atoms with Crippen LogP contribution in [0.2, 0.25) is 0 Å². The van der Waals surface area contributed by atoms with Crippen LogP contribution in [0, 0.1) is 6.92 Å². The fourth-order valence-electron chi connectivity index (χ4n) is 5.09. The third kappa shape index (κ3) is 4.97. The lowest BCUT2D eigenvalue weighted by molar-refractivity contribution is -0.137. The second-order valence-corrected chi connectivity index (χ2v) is 9.72. The molecule has 3 aromatic carbocycles. The van der Waals surface area contributed by atoms with E-state index < -0.39 is 5.97 Å². The topological polar surface area (TPSA) is 80.5 Å². The SMILES string of the molecule is CC[C@@H]1CN(Cc2cc(C(CC(=O)O)c3ccc4c(c3)nnn4C)ccc2C)Cc2ccccc2O1. The molecule has 0 aliphatic carbocycles. The molecule has 36 heavy (non-hydrogen) atoms. The molecule has 1 aromatic heterocycles. The molecule has 1 aliphatic rings. The zero-order valence-corrected chi connectivity index (χ0v) is 21.0. The summed E-state index contributed by atoms with van der Waals surface area (Å²) < 4.78 is 8.01. The van der Waals surface area contributed by atoms with Crippen molar-refractivity contribution in [2.24, 2.45) is 7.05 Å². The molecule has 2 heterocycles. The zero-order chi connectivity index (χ0) is 25.2. The molecule has 5 rings (SSSR count). The zero-order valence-electron chi connectivity index (χ0n) is 21.0. The maximum absolute atomic E-state index is 11.9. The number of carboxylic acid groups (broad SMARTS) is 1. The first-order chi connectivity index (χ1) is 17.4. The van der Waals surface area contributed by atoms with Gasteiger partial charge in [-0.1, -0.05) is 54.6 Å². The Hall–Kier alpha value is -3.71. The quantitative estimate of drug-likeness (QED) is 0.395. The van der Waals surface area contributed by atoms with Crippen molar-refractivity contribution < 1.29 is 14.6 Å². The number of aliphatic carboxylic acids is 1. The number of carbonyl (C=O) groups is 1. The molecule has 2 atom stereocenters. The van der Waals surface area contributed by atoms with E-state index in [2.05, 4.69) is 65.5 Å². The summed E-state index contributed by atoms with van der Waals surface area (Å²) >= 11 is 0. The Balaban J connectivity index is 1.47. The summed E-state index contributed by atoms with van der Waals surface area (Å²) in [5.41, 5.74) is 7.23. The number of hydrogen-bond donors (Lipinski definition) is 1. The number of aryl methyl sites for hydroxylation is 2. The predicted molar refractivity (Wildman–Crippen MR) is 139 cm³/mol. The monoisotopic (exact) mass is 484 g/mol. The van der Waals surface area contributed by atoms with E-state index in [-0.39, 0.29) is 18.4 Å². The maximum atomic E-state index is 11.9. The number of benzene rings is 3. The number of nitrogens with zero attached hydrogens (tertiary/aromatic N) is 4. The van der Waals surface area contributed by atoms with Crippen LogP contribution in [0.25, 0.3) is 11.0 Å². The molecule has 1 unspecified atom stereocenters. The summed E-state index contributed by atoms with van der Waals surface area (Å²) in [6.45, 7) is 6.72. The van der Waals surface area contributed by atoms with E-state index >= 15 is 0 Å². The molecule has 186 valence electrons. The smallest absolute Gasteiger partial charge is 0.304 e. The van der Waals surface area contributed by atoms with Gasteiger partial charge in [0.15, 0.2) is 0 Å². The van der Waals surface area contributed by atoms with E-state index in [4.69, 9.17) is 4.74 Å². The lowest BCUT2D eigenvalue weighted by atomic mass is 9.86. The van der Waals surface area contributed by atoms with Gasteiger partial charge in [-0.25, -0.2) is 4.68 Å². The molecule has 1 N–H and O–H groups in total. The first-order valence-electron chi connectivity index (χ1n) is 12.5. The Morgan fingerprint density at radius 2 is 1.92 bits per heavy atom. The van der Waals surface area contributed by atoms with E-state index in [0.29, 0.717) is 0 Å². The fraction of sp³-hybridized carbons (Fsp3) is 0.345. The molecule has 1 aliphatic heterocycles. The van der Waals surface area contributed by atoms with Crippen molar-refractivity contribution in [2.45, 2.75) is 51.8 Å². The molecule has 0 amide bonds. The van der Waals surface area contributed by atoms with E-state index in [0.717, 1.165) is 54.0 Å². The Morgan fingerprint density at radius 3 is 2.72 bits per heavy atom. The molecule has 0 radical (unpaired) electrons. The minimum Gasteiger partial charge on any atom is -0.489 e. The standard InChI is InChI=1S/C29H32N4O3/c1-4-24-18-33(16-22-7-5-6-8-28(22)36-24)17-23-13-20(10-9-19(23)2)25(15-29(34)35)21-11-12-27-26(14-21)30-31-32(27)3/h5-14,24-25H,4,15-18H2,1-3H3,(H,34,35)/t24-,25?/m1/s1. The van der Waals surface area contributed by atoms with Gasteiger partial charge in [-0.15, -0.1) is 5.10 Å². The first kappa shape index (κ1) is 24.0. The number of rotatable bonds is 7. The first-order valence-corrected chi connectivity index (χ1v) is 12.5. The molecular formula is C29H32N4O3. The number of para-hydroxylation sites is 1. The highest BCUT2D eigenvalue weighted by molar-refractivity contribution is 5.76. The highest BCUT2D eigenvalue weighted by Gasteiger charge is 2.24. The summed E-state index contributed by atoms with van der Waals surface area (Å²) in [6, 6.07) is 20.5. The van der Waals surface area contributed by atoms with E-state index in [9.17, 15) is 9.90 Å². The molecule has 7 nitrogen and oxygen atoms in total. The van der Waals surface area contributed by atoms with E-state index in [1.165, 1.54) is 16.7 Å². The fourth-order valence-corrected chi connectivity index (χ4v) is 5.09. The van der Waals surface area contributed by atoms with Gasteiger partial charge in [-0.05, 0) is 53.8 Å². The minimum atomic E-state index is -0.826. The molecule has 0 saturated carbocycles. The van der Waals surface area contributed by atoms with Crippen LogP contribution < -0.4 is 4.74 Å². The van der Waals surface area contributed by atoms with Crippen molar-refractivity contribution in [3.63, 3.8) is 0 Å². The largest absolute Gasteiger partial charge is 0.489 e. The molecule has 0 bridgehead atoms. The lowest BCUT2D eigenvalue weighted by Gasteiger charge is -2.25. The number of ether oxygens (including phenoxy) is 1. The van der Waals surface area contributed by atoms with Crippen molar-refractivity contribution in [1.82, 2.24) is 19.9 Å². The molecule has 0 spiro atoms. The van der Waals surface area contributed by atoms with Gasteiger partial charge in [0, 0.05) is 38.2 Å². The van der Waals surface area contributed by atoms with Crippen LogP contribution >= 0.6 is 0 Å². The van der Waals surface area contributed by atoms with Gasteiger partial charge in [0.1, 0.15) is 17.4 Å². The van der Waals surface area contributed by atoms with Gasteiger partial charge >= 0.3 is 5.97 Å². The second kappa shape index (κ2) is 10.1. The number of carboxylic acids is 1. The van der Waals surface area contributed by atoms with Crippen LogP contribution in [-0.4, -0.2) is 43.6 Å². The van der Waals surface area contributed by atoms with Gasteiger partial charge in [-0.2, -0.15) is 0 Å². The molecule has 0 fully saturated rings. The highest BCUT2D eigenvalue weighted by Crippen LogP contribution is 2.32. The molecular weight excluding hydrogens is 452 g/mol. The van der Waals surface area contributed by atoms with Crippen molar-refractivity contribution in [3.05, 3.63) is 88.5 Å². The Labute approximate surface area is 211 Å². The van der Waals surface area contributed by atoms with E-state index in [1.807, 2.05) is 31.3 Å². The Kier molecular flexibility index (Phi) is 6.74. The average Bonchev–Trinajstić information content (AvgIpc) is 3.13. The van der Waals surface area contributed by atoms with Crippen LogP contribution in [0.15, 0.2) is 60.7 Å². The van der Waals surface area contributed by atoms with Crippen molar-refractivity contribution in [2.75, 3.05) is 6.54 Å². The van der Waals surface area contributed by atoms with Gasteiger partial charge < -0.3 is 9.84 Å². The average molecular weight is 485 g/mol. The van der Waals surface area contributed by atoms with Crippen molar-refractivity contribution >= 4 is 17.0 Å². The summed E-state index contributed by atoms with van der Waals surface area (Å²) in [4.78, 5) is 14.3. The summed E-state index contributed by atoms with van der Waals surface area (Å²) in [6.07, 6.45) is 1.09.